The lowest BCUT2D eigenvalue weighted by atomic mass is 9.72. The van der Waals surface area contributed by atoms with Crippen molar-refractivity contribution in [1.29, 1.82) is 0 Å². The molecule has 0 spiro atoms. The van der Waals surface area contributed by atoms with Gasteiger partial charge in [-0.25, -0.2) is 0 Å². The van der Waals surface area contributed by atoms with E-state index in [0.717, 1.165) is 36.2 Å². The molecule has 0 saturated carbocycles. The van der Waals surface area contributed by atoms with Crippen molar-refractivity contribution < 1.29 is 14.6 Å². The van der Waals surface area contributed by atoms with Crippen LogP contribution in [-0.2, 0) is 16.8 Å². The van der Waals surface area contributed by atoms with Gasteiger partial charge in [-0.15, -0.1) is 0 Å². The van der Waals surface area contributed by atoms with Gasteiger partial charge in [-0.05, 0) is 41.3 Å². The molecule has 0 amide bonds. The zero-order valence-corrected chi connectivity index (χ0v) is 20.1. The Morgan fingerprint density at radius 2 is 1.67 bits per heavy atom. The second-order valence-electron chi connectivity index (χ2n) is 8.53. The van der Waals surface area contributed by atoms with Crippen LogP contribution in [0.5, 0.6) is 5.75 Å². The summed E-state index contributed by atoms with van der Waals surface area (Å²) < 4.78 is 11.3. The highest BCUT2D eigenvalue weighted by atomic mass is 35.5. The van der Waals surface area contributed by atoms with Crippen molar-refractivity contribution >= 4 is 11.6 Å². The second kappa shape index (κ2) is 10.7. The molecule has 1 saturated heterocycles. The summed E-state index contributed by atoms with van der Waals surface area (Å²) in [6.45, 7) is 5.88. The van der Waals surface area contributed by atoms with E-state index in [2.05, 4.69) is 24.0 Å². The number of aryl methyl sites for hydroxylation is 1. The van der Waals surface area contributed by atoms with E-state index in [1.165, 1.54) is 5.56 Å². The van der Waals surface area contributed by atoms with Crippen LogP contribution < -0.4 is 4.74 Å². The quantitative estimate of drug-likeness (QED) is 0.492. The van der Waals surface area contributed by atoms with Crippen LogP contribution in [0.15, 0.2) is 72.8 Å². The van der Waals surface area contributed by atoms with Gasteiger partial charge in [0.2, 0.25) is 0 Å². The lowest BCUT2D eigenvalue weighted by molar-refractivity contribution is -0.000140. The third-order valence-corrected chi connectivity index (χ3v) is 6.89. The molecule has 1 N–H and O–H groups in total. The molecule has 0 bridgehead atoms. The summed E-state index contributed by atoms with van der Waals surface area (Å²) in [6, 6.07) is 23.9. The fraction of sp³-hybridized carbons (Fsp3) is 0.357. The molecule has 2 atom stereocenters. The van der Waals surface area contributed by atoms with Crippen LogP contribution in [-0.4, -0.2) is 50.0 Å². The van der Waals surface area contributed by atoms with Crippen LogP contribution in [0.3, 0.4) is 0 Å². The Hall–Kier alpha value is -2.37. The highest BCUT2D eigenvalue weighted by Crippen LogP contribution is 2.46. The Bertz CT molecular complexity index is 1030. The van der Waals surface area contributed by atoms with E-state index in [0.29, 0.717) is 30.5 Å². The average Bonchev–Trinajstić information content (AvgIpc) is 2.88. The zero-order chi connectivity index (χ0) is 23.3. The van der Waals surface area contributed by atoms with Gasteiger partial charge in [-0.1, -0.05) is 73.1 Å². The van der Waals surface area contributed by atoms with Crippen LogP contribution in [0.2, 0.25) is 5.02 Å². The molecular formula is C28H32ClNO3. The SMILES string of the molecule is CCc1ccc(C(O)(c2ccccc2OC)C(CN2CCOCC2)c2ccc(Cl)cc2)cc1. The molecule has 33 heavy (non-hydrogen) atoms. The molecule has 0 aromatic heterocycles. The Morgan fingerprint density at radius 1 is 1.00 bits per heavy atom. The molecule has 1 heterocycles. The number of ether oxygens (including phenoxy) is 2. The van der Waals surface area contributed by atoms with Crippen LogP contribution in [0.4, 0.5) is 0 Å². The number of hydrogen-bond acceptors (Lipinski definition) is 4. The van der Waals surface area contributed by atoms with E-state index in [-0.39, 0.29) is 5.92 Å². The number of rotatable bonds is 8. The van der Waals surface area contributed by atoms with Crippen LogP contribution in [0.1, 0.15) is 35.1 Å². The molecule has 4 rings (SSSR count). The number of para-hydroxylation sites is 1. The van der Waals surface area contributed by atoms with Crippen molar-refractivity contribution in [1.82, 2.24) is 4.90 Å². The van der Waals surface area contributed by atoms with Crippen molar-refractivity contribution in [3.8, 4) is 5.75 Å². The summed E-state index contributed by atoms with van der Waals surface area (Å²) in [5.74, 6) is 0.414. The lowest BCUT2D eigenvalue weighted by Gasteiger charge is -2.41. The first kappa shape index (κ1) is 23.8. The molecule has 1 aliphatic rings. The van der Waals surface area contributed by atoms with Gasteiger partial charge < -0.3 is 14.6 Å². The standard InChI is InChI=1S/C28H32ClNO3/c1-3-21-8-12-23(13-9-21)28(31,25-6-4-5-7-27(25)32-2)26(20-30-16-18-33-19-17-30)22-10-14-24(29)15-11-22/h4-15,26,31H,3,16-20H2,1-2H3. The van der Waals surface area contributed by atoms with Gasteiger partial charge in [0.15, 0.2) is 0 Å². The van der Waals surface area contributed by atoms with Gasteiger partial charge in [0.05, 0.1) is 20.3 Å². The predicted molar refractivity (Wildman–Crippen MR) is 133 cm³/mol. The summed E-state index contributed by atoms with van der Waals surface area (Å²) in [4.78, 5) is 2.36. The number of morpholine rings is 1. The molecule has 1 aliphatic heterocycles. The van der Waals surface area contributed by atoms with Gasteiger partial charge in [0.1, 0.15) is 11.4 Å². The van der Waals surface area contributed by atoms with Crippen molar-refractivity contribution in [2.24, 2.45) is 0 Å². The topological polar surface area (TPSA) is 41.9 Å². The molecule has 0 aliphatic carbocycles. The molecule has 3 aromatic carbocycles. The van der Waals surface area contributed by atoms with Crippen LogP contribution in [0.25, 0.3) is 0 Å². The van der Waals surface area contributed by atoms with Gasteiger partial charge in [0.25, 0.3) is 0 Å². The van der Waals surface area contributed by atoms with E-state index in [9.17, 15) is 5.11 Å². The highest BCUT2D eigenvalue weighted by molar-refractivity contribution is 6.30. The first-order chi connectivity index (χ1) is 16.1. The molecule has 1 fully saturated rings. The van der Waals surface area contributed by atoms with Crippen molar-refractivity contribution in [2.45, 2.75) is 24.9 Å². The summed E-state index contributed by atoms with van der Waals surface area (Å²) >= 11 is 6.23. The third kappa shape index (κ3) is 5.10. The summed E-state index contributed by atoms with van der Waals surface area (Å²) in [6.07, 6.45) is 0.946. The molecule has 0 radical (unpaired) electrons. The Balaban J connectivity index is 1.90. The minimum atomic E-state index is -1.31. The Labute approximate surface area is 201 Å². The number of nitrogens with zero attached hydrogens (tertiary/aromatic N) is 1. The summed E-state index contributed by atoms with van der Waals surface area (Å²) in [5, 5.41) is 13.4. The minimum Gasteiger partial charge on any atom is -0.496 e. The summed E-state index contributed by atoms with van der Waals surface area (Å²) in [5.41, 5.74) is 2.55. The van der Waals surface area contributed by atoms with Gasteiger partial charge in [0, 0.05) is 36.1 Å². The van der Waals surface area contributed by atoms with E-state index < -0.39 is 5.60 Å². The fourth-order valence-corrected chi connectivity index (χ4v) is 4.84. The number of hydrogen-bond donors (Lipinski definition) is 1. The average molecular weight is 466 g/mol. The number of methoxy groups -OCH3 is 1. The van der Waals surface area contributed by atoms with Crippen molar-refractivity contribution in [2.75, 3.05) is 40.0 Å². The van der Waals surface area contributed by atoms with Gasteiger partial charge in [-0.2, -0.15) is 0 Å². The molecule has 5 heteroatoms. The first-order valence-electron chi connectivity index (χ1n) is 11.6. The molecule has 4 nitrogen and oxygen atoms in total. The third-order valence-electron chi connectivity index (χ3n) is 6.64. The molecule has 174 valence electrons. The van der Waals surface area contributed by atoms with E-state index in [4.69, 9.17) is 21.1 Å². The number of benzene rings is 3. The normalized spacial score (nSPS) is 17.3. The number of aliphatic hydroxyl groups is 1. The molecule has 2 unspecified atom stereocenters. The molecule has 3 aromatic rings. The summed E-state index contributed by atoms with van der Waals surface area (Å²) in [7, 11) is 1.65. The molecular weight excluding hydrogens is 434 g/mol. The predicted octanol–water partition coefficient (Wildman–Crippen LogP) is 5.26. The maximum Gasteiger partial charge on any atom is 0.126 e. The van der Waals surface area contributed by atoms with Gasteiger partial charge >= 0.3 is 0 Å². The monoisotopic (exact) mass is 465 g/mol. The van der Waals surface area contributed by atoms with Crippen molar-refractivity contribution in [3.63, 3.8) is 0 Å². The van der Waals surface area contributed by atoms with Crippen molar-refractivity contribution in [3.05, 3.63) is 100 Å². The lowest BCUT2D eigenvalue weighted by Crippen LogP contribution is -2.45. The maximum absolute atomic E-state index is 12.8. The number of halogens is 1. The minimum absolute atomic E-state index is 0.253. The first-order valence-corrected chi connectivity index (χ1v) is 11.9. The smallest absolute Gasteiger partial charge is 0.126 e. The Kier molecular flexibility index (Phi) is 7.71. The van der Waals surface area contributed by atoms with E-state index >= 15 is 0 Å². The van der Waals surface area contributed by atoms with Crippen LogP contribution in [0, 0.1) is 0 Å². The van der Waals surface area contributed by atoms with E-state index in [1.54, 1.807) is 7.11 Å². The van der Waals surface area contributed by atoms with Crippen LogP contribution >= 0.6 is 11.6 Å². The van der Waals surface area contributed by atoms with E-state index in [1.807, 2.05) is 60.7 Å². The maximum atomic E-state index is 12.8. The van der Waals surface area contributed by atoms with Gasteiger partial charge in [-0.3, -0.25) is 4.90 Å². The Morgan fingerprint density at radius 3 is 2.30 bits per heavy atom. The second-order valence-corrected chi connectivity index (χ2v) is 8.97. The largest absolute Gasteiger partial charge is 0.496 e. The zero-order valence-electron chi connectivity index (χ0n) is 19.3. The highest BCUT2D eigenvalue weighted by Gasteiger charge is 2.44. The fourth-order valence-electron chi connectivity index (χ4n) is 4.71.